The van der Waals surface area contributed by atoms with Gasteiger partial charge in [-0.15, -0.1) is 0 Å². The van der Waals surface area contributed by atoms with Gasteiger partial charge in [0.25, 0.3) is 5.91 Å². The second kappa shape index (κ2) is 9.85. The largest absolute Gasteiger partial charge is 0.492 e. The molecule has 2 aromatic rings. The maximum absolute atomic E-state index is 13.1. The Morgan fingerprint density at radius 3 is 2.50 bits per heavy atom. The van der Waals surface area contributed by atoms with Crippen LogP contribution in [-0.4, -0.2) is 61.7 Å². The Balaban J connectivity index is 1.81. The van der Waals surface area contributed by atoms with Gasteiger partial charge < -0.3 is 19.8 Å². The summed E-state index contributed by atoms with van der Waals surface area (Å²) >= 11 is 0. The van der Waals surface area contributed by atoms with Gasteiger partial charge in [0.05, 0.1) is 12.9 Å². The van der Waals surface area contributed by atoms with Crippen LogP contribution in [0.1, 0.15) is 33.5 Å². The van der Waals surface area contributed by atoms with Crippen LogP contribution in [0.3, 0.4) is 0 Å². The third-order valence-corrected chi connectivity index (χ3v) is 7.51. The third-order valence-electron chi connectivity index (χ3n) is 5.44. The standard InChI is InChI=1S/C22H28N4O7S/c1-5-25(6-2)34(30,31)17-13-15(10-11-16(17)32-7-3)23-19(27)14-26-20(28)22(4,24-21(26)29)18-9-8-12-33-18/h8-13H,5-7,14H2,1-4H3,(H,23,27)(H,24,29). The van der Waals surface area contributed by atoms with Gasteiger partial charge in [-0.2, -0.15) is 4.31 Å². The van der Waals surface area contributed by atoms with E-state index >= 15 is 0 Å². The van der Waals surface area contributed by atoms with E-state index < -0.39 is 40.0 Å². The number of benzene rings is 1. The minimum atomic E-state index is -3.87. The van der Waals surface area contributed by atoms with Gasteiger partial charge in [0.15, 0.2) is 5.54 Å². The highest BCUT2D eigenvalue weighted by Gasteiger charge is 2.51. The second-order valence-corrected chi connectivity index (χ2v) is 9.56. The Morgan fingerprint density at radius 2 is 1.91 bits per heavy atom. The number of anilines is 1. The molecule has 1 atom stereocenters. The number of furan rings is 1. The first kappa shape index (κ1) is 25.2. The second-order valence-electron chi connectivity index (χ2n) is 7.66. The Hall–Kier alpha value is -3.38. The summed E-state index contributed by atoms with van der Waals surface area (Å²) in [5, 5.41) is 5.09. The predicted octanol–water partition coefficient (Wildman–Crippen LogP) is 2.11. The number of carbonyl (C=O) groups is 3. The Kier molecular flexibility index (Phi) is 7.32. The molecule has 1 aliphatic heterocycles. The lowest BCUT2D eigenvalue weighted by Gasteiger charge is -2.21. The van der Waals surface area contributed by atoms with Crippen LogP contribution < -0.4 is 15.4 Å². The molecule has 12 heteroatoms. The summed E-state index contributed by atoms with van der Waals surface area (Å²) in [6.07, 6.45) is 1.38. The van der Waals surface area contributed by atoms with Crippen molar-refractivity contribution in [2.24, 2.45) is 0 Å². The van der Waals surface area contributed by atoms with Crippen LogP contribution in [0.5, 0.6) is 5.75 Å². The molecule has 1 aromatic carbocycles. The molecule has 1 aliphatic rings. The number of ether oxygens (including phenoxy) is 1. The maximum Gasteiger partial charge on any atom is 0.325 e. The summed E-state index contributed by atoms with van der Waals surface area (Å²) in [4.78, 5) is 38.6. The van der Waals surface area contributed by atoms with Crippen molar-refractivity contribution < 1.29 is 32.0 Å². The highest BCUT2D eigenvalue weighted by atomic mass is 32.2. The molecule has 0 radical (unpaired) electrons. The van der Waals surface area contributed by atoms with E-state index in [-0.39, 0.29) is 41.8 Å². The van der Waals surface area contributed by atoms with Gasteiger partial charge in [-0.3, -0.25) is 14.5 Å². The van der Waals surface area contributed by atoms with Gasteiger partial charge >= 0.3 is 6.03 Å². The van der Waals surface area contributed by atoms with E-state index in [0.717, 1.165) is 4.90 Å². The average Bonchev–Trinajstić information content (AvgIpc) is 3.40. The molecule has 34 heavy (non-hydrogen) atoms. The van der Waals surface area contributed by atoms with Crippen molar-refractivity contribution in [3.05, 3.63) is 42.4 Å². The molecule has 2 N–H and O–H groups in total. The van der Waals surface area contributed by atoms with Gasteiger partial charge in [-0.25, -0.2) is 13.2 Å². The topological polar surface area (TPSA) is 138 Å². The van der Waals surface area contributed by atoms with Crippen molar-refractivity contribution in [2.75, 3.05) is 31.6 Å². The maximum atomic E-state index is 13.1. The Morgan fingerprint density at radius 1 is 1.21 bits per heavy atom. The number of urea groups is 1. The number of sulfonamides is 1. The minimum absolute atomic E-state index is 0.0868. The quantitative estimate of drug-likeness (QED) is 0.485. The number of hydrogen-bond acceptors (Lipinski definition) is 7. The number of carbonyl (C=O) groups excluding carboxylic acids is 3. The predicted molar refractivity (Wildman–Crippen MR) is 123 cm³/mol. The highest BCUT2D eigenvalue weighted by molar-refractivity contribution is 7.89. The van der Waals surface area contributed by atoms with Gasteiger partial charge in [0, 0.05) is 18.8 Å². The summed E-state index contributed by atoms with van der Waals surface area (Å²) < 4.78 is 38.2. The lowest BCUT2D eigenvalue weighted by molar-refractivity contribution is -0.134. The molecular formula is C22H28N4O7S. The van der Waals surface area contributed by atoms with Gasteiger partial charge in [-0.1, -0.05) is 13.8 Å². The molecule has 11 nitrogen and oxygen atoms in total. The fourth-order valence-corrected chi connectivity index (χ4v) is 5.29. The lowest BCUT2D eigenvalue weighted by atomic mass is 9.99. The molecule has 0 aliphatic carbocycles. The van der Waals surface area contributed by atoms with Crippen molar-refractivity contribution in [3.8, 4) is 5.75 Å². The molecular weight excluding hydrogens is 464 g/mol. The lowest BCUT2D eigenvalue weighted by Crippen LogP contribution is -2.41. The van der Waals surface area contributed by atoms with Crippen LogP contribution in [0.2, 0.25) is 0 Å². The van der Waals surface area contributed by atoms with Crippen LogP contribution >= 0.6 is 0 Å². The SMILES string of the molecule is CCOc1ccc(NC(=O)CN2C(=O)NC(C)(c3ccco3)C2=O)cc1S(=O)(=O)N(CC)CC. The molecule has 1 fully saturated rings. The number of nitrogens with zero attached hydrogens (tertiary/aromatic N) is 2. The van der Waals surface area contributed by atoms with Crippen LogP contribution in [0.15, 0.2) is 45.9 Å². The summed E-state index contributed by atoms with van der Waals surface area (Å²) in [6, 6.07) is 6.65. The summed E-state index contributed by atoms with van der Waals surface area (Å²) in [5.41, 5.74) is -1.24. The molecule has 0 spiro atoms. The molecule has 1 saturated heterocycles. The first-order valence-corrected chi connectivity index (χ1v) is 12.3. The van der Waals surface area contributed by atoms with Crippen LogP contribution in [0, 0.1) is 0 Å². The first-order chi connectivity index (χ1) is 16.1. The average molecular weight is 493 g/mol. The number of imide groups is 1. The van der Waals surface area contributed by atoms with Crippen molar-refractivity contribution in [2.45, 2.75) is 38.1 Å². The summed E-state index contributed by atoms with van der Waals surface area (Å²) in [5.74, 6) is -0.913. The smallest absolute Gasteiger partial charge is 0.325 e. The zero-order valence-corrected chi connectivity index (χ0v) is 20.3. The molecule has 184 valence electrons. The van der Waals surface area contributed by atoms with Gasteiger partial charge in [0.1, 0.15) is 22.9 Å². The molecule has 1 aromatic heterocycles. The van der Waals surface area contributed by atoms with Crippen molar-refractivity contribution in [1.82, 2.24) is 14.5 Å². The van der Waals surface area contributed by atoms with Crippen LogP contribution in [0.25, 0.3) is 0 Å². The van der Waals surface area contributed by atoms with Gasteiger partial charge in [-0.05, 0) is 44.2 Å². The summed E-state index contributed by atoms with van der Waals surface area (Å²) in [6.45, 7) is 6.89. The minimum Gasteiger partial charge on any atom is -0.492 e. The normalized spacial score (nSPS) is 18.3. The number of hydrogen-bond donors (Lipinski definition) is 2. The Labute approximate surface area is 198 Å². The van der Waals surface area contributed by atoms with Crippen molar-refractivity contribution in [3.63, 3.8) is 0 Å². The van der Waals surface area contributed by atoms with Crippen molar-refractivity contribution in [1.29, 1.82) is 0 Å². The molecule has 1 unspecified atom stereocenters. The molecule has 2 heterocycles. The molecule has 3 rings (SSSR count). The first-order valence-electron chi connectivity index (χ1n) is 10.8. The van der Waals surface area contributed by atoms with Crippen molar-refractivity contribution >= 4 is 33.6 Å². The fraction of sp³-hybridized carbons (Fsp3) is 0.409. The van der Waals surface area contributed by atoms with E-state index in [9.17, 15) is 22.8 Å². The number of amides is 4. The third kappa shape index (κ3) is 4.64. The van der Waals surface area contributed by atoms with E-state index in [1.54, 1.807) is 32.9 Å². The van der Waals surface area contributed by atoms with E-state index in [0.29, 0.717) is 0 Å². The van der Waals surface area contributed by atoms with E-state index in [2.05, 4.69) is 10.6 Å². The molecule has 4 amide bonds. The highest BCUT2D eigenvalue weighted by Crippen LogP contribution is 2.31. The van der Waals surface area contributed by atoms with E-state index in [1.165, 1.54) is 35.7 Å². The summed E-state index contributed by atoms with van der Waals surface area (Å²) in [7, 11) is -3.87. The number of nitrogens with one attached hydrogen (secondary N) is 2. The van der Waals surface area contributed by atoms with Crippen LogP contribution in [-0.2, 0) is 25.2 Å². The fourth-order valence-electron chi connectivity index (χ4n) is 3.68. The van der Waals surface area contributed by atoms with E-state index in [4.69, 9.17) is 9.15 Å². The molecule has 0 bridgehead atoms. The van der Waals surface area contributed by atoms with Gasteiger partial charge in [0.2, 0.25) is 15.9 Å². The van der Waals surface area contributed by atoms with Crippen LogP contribution in [0.4, 0.5) is 10.5 Å². The van der Waals surface area contributed by atoms with E-state index in [1.807, 2.05) is 0 Å². The Bertz CT molecular complexity index is 1180. The monoisotopic (exact) mass is 492 g/mol. The number of rotatable bonds is 10. The molecule has 0 saturated carbocycles. The zero-order valence-electron chi connectivity index (χ0n) is 19.5. The zero-order chi connectivity index (χ0) is 25.1.